The van der Waals surface area contributed by atoms with Gasteiger partial charge in [-0.05, 0) is 25.5 Å². The monoisotopic (exact) mass is 419 g/mol. The van der Waals surface area contributed by atoms with Crippen LogP contribution in [-0.4, -0.2) is 54.3 Å². The molecule has 5 rings (SSSR count). The van der Waals surface area contributed by atoms with Crippen molar-refractivity contribution in [2.45, 2.75) is 38.5 Å². The van der Waals surface area contributed by atoms with Crippen molar-refractivity contribution in [3.8, 4) is 0 Å². The van der Waals surface area contributed by atoms with Crippen molar-refractivity contribution >= 4 is 0 Å². The molecule has 2 bridgehead atoms. The molecule has 31 heavy (non-hydrogen) atoms. The fourth-order valence-electron chi connectivity index (χ4n) is 5.22. The molecule has 0 spiro atoms. The van der Waals surface area contributed by atoms with Gasteiger partial charge in [0, 0.05) is 93.2 Å². The topological polar surface area (TPSA) is 72.1 Å². The van der Waals surface area contributed by atoms with E-state index in [0.717, 1.165) is 49.4 Å². The maximum atomic E-state index is 13.3. The van der Waals surface area contributed by atoms with Gasteiger partial charge in [-0.2, -0.15) is 5.10 Å². The molecule has 3 aromatic heterocycles. The first-order valence-corrected chi connectivity index (χ1v) is 10.9. The molecule has 162 valence electrons. The molecule has 0 N–H and O–H groups in total. The molecule has 1 fully saturated rings. The van der Waals surface area contributed by atoms with Crippen molar-refractivity contribution in [2.24, 2.45) is 13.0 Å². The fourth-order valence-corrected chi connectivity index (χ4v) is 5.22. The van der Waals surface area contributed by atoms with Crippen molar-refractivity contribution in [2.75, 3.05) is 20.1 Å². The maximum absolute atomic E-state index is 13.3. The molecule has 5 heterocycles. The minimum Gasteiger partial charge on any atom is -0.312 e. The Morgan fingerprint density at radius 1 is 1.06 bits per heavy atom. The first kappa shape index (κ1) is 20.1. The number of aryl methyl sites for hydroxylation is 1. The predicted molar refractivity (Wildman–Crippen MR) is 117 cm³/mol. The zero-order chi connectivity index (χ0) is 21.4. The molecule has 0 saturated carbocycles. The SMILES string of the molecule is CN(Cc1cnn(C)c1)Cc1ccc2n(c1=O)C[C@H]1C[C@@H]2CN(Cc2cncnc2)C1. The summed E-state index contributed by atoms with van der Waals surface area (Å²) < 4.78 is 3.86. The van der Waals surface area contributed by atoms with Gasteiger partial charge in [0.05, 0.1) is 6.20 Å². The van der Waals surface area contributed by atoms with Crippen LogP contribution < -0.4 is 5.56 Å². The van der Waals surface area contributed by atoms with Crippen LogP contribution >= 0.6 is 0 Å². The molecule has 0 amide bonds. The van der Waals surface area contributed by atoms with E-state index in [1.807, 2.05) is 42.6 Å². The minimum atomic E-state index is 0.176. The van der Waals surface area contributed by atoms with Crippen molar-refractivity contribution in [3.05, 3.63) is 76.0 Å². The molecule has 1 saturated heterocycles. The number of nitrogens with zero attached hydrogens (tertiary/aromatic N) is 7. The van der Waals surface area contributed by atoms with Gasteiger partial charge >= 0.3 is 0 Å². The standard InChI is InChI=1S/C23H29N7O/c1-27(9-19-8-26-28(2)10-19)14-20-3-4-22-21-5-17(13-30(22)23(20)31)11-29(15-21)12-18-6-24-16-25-7-18/h3-4,6-8,10,16-17,21H,5,9,11-15H2,1-2H3/t17-,21+/m0/s1. The Morgan fingerprint density at radius 2 is 1.90 bits per heavy atom. The average molecular weight is 420 g/mol. The Kier molecular flexibility index (Phi) is 5.41. The lowest BCUT2D eigenvalue weighted by Crippen LogP contribution is -2.47. The average Bonchev–Trinajstić information content (AvgIpc) is 3.15. The summed E-state index contributed by atoms with van der Waals surface area (Å²) in [6, 6.07) is 4.23. The molecular formula is C23H29N7O. The zero-order valence-electron chi connectivity index (χ0n) is 18.2. The van der Waals surface area contributed by atoms with E-state index < -0.39 is 0 Å². The number of hydrogen-bond donors (Lipinski definition) is 0. The Balaban J connectivity index is 1.30. The van der Waals surface area contributed by atoms with Gasteiger partial charge in [0.1, 0.15) is 6.33 Å². The van der Waals surface area contributed by atoms with Crippen LogP contribution in [-0.2, 0) is 33.2 Å². The van der Waals surface area contributed by atoms with Crippen LogP contribution in [0.15, 0.2) is 48.0 Å². The lowest BCUT2D eigenvalue weighted by molar-refractivity contribution is 0.114. The van der Waals surface area contributed by atoms with Gasteiger partial charge in [0.2, 0.25) is 0 Å². The first-order valence-electron chi connectivity index (χ1n) is 10.9. The number of rotatable bonds is 6. The third-order valence-corrected chi connectivity index (χ3v) is 6.43. The minimum absolute atomic E-state index is 0.176. The Morgan fingerprint density at radius 3 is 2.68 bits per heavy atom. The van der Waals surface area contributed by atoms with Gasteiger partial charge in [-0.15, -0.1) is 0 Å². The molecule has 0 unspecified atom stereocenters. The maximum Gasteiger partial charge on any atom is 0.255 e. The van der Waals surface area contributed by atoms with E-state index in [1.165, 1.54) is 12.1 Å². The van der Waals surface area contributed by atoms with Crippen LogP contribution in [0.5, 0.6) is 0 Å². The van der Waals surface area contributed by atoms with E-state index in [1.54, 1.807) is 6.33 Å². The number of hydrogen-bond acceptors (Lipinski definition) is 6. The second kappa shape index (κ2) is 8.36. The third kappa shape index (κ3) is 4.31. The third-order valence-electron chi connectivity index (χ3n) is 6.43. The van der Waals surface area contributed by atoms with E-state index in [9.17, 15) is 4.79 Å². The van der Waals surface area contributed by atoms with Gasteiger partial charge in [-0.1, -0.05) is 6.07 Å². The molecular weight excluding hydrogens is 390 g/mol. The quantitative estimate of drug-likeness (QED) is 0.605. The van der Waals surface area contributed by atoms with Gasteiger partial charge in [-0.3, -0.25) is 19.3 Å². The molecule has 2 aliphatic rings. The van der Waals surface area contributed by atoms with E-state index in [0.29, 0.717) is 18.4 Å². The Bertz CT molecular complexity index is 1110. The predicted octanol–water partition coefficient (Wildman–Crippen LogP) is 1.62. The second-order valence-corrected chi connectivity index (χ2v) is 9.13. The number of aromatic nitrogens is 5. The van der Waals surface area contributed by atoms with E-state index in [2.05, 4.69) is 42.5 Å². The number of likely N-dealkylation sites (tertiary alicyclic amines) is 1. The van der Waals surface area contributed by atoms with Crippen LogP contribution in [0.3, 0.4) is 0 Å². The van der Waals surface area contributed by atoms with Crippen molar-refractivity contribution in [1.82, 2.24) is 34.1 Å². The lowest BCUT2D eigenvalue weighted by Gasteiger charge is -2.43. The zero-order valence-corrected chi connectivity index (χ0v) is 18.2. The van der Waals surface area contributed by atoms with E-state index >= 15 is 0 Å². The smallest absolute Gasteiger partial charge is 0.255 e. The van der Waals surface area contributed by atoms with Crippen molar-refractivity contribution in [1.29, 1.82) is 0 Å². The van der Waals surface area contributed by atoms with Crippen LogP contribution in [0.2, 0.25) is 0 Å². The van der Waals surface area contributed by atoms with Crippen LogP contribution in [0, 0.1) is 5.92 Å². The fraction of sp³-hybridized carbons (Fsp3) is 0.478. The second-order valence-electron chi connectivity index (χ2n) is 9.13. The van der Waals surface area contributed by atoms with Gasteiger partial charge in [0.25, 0.3) is 5.56 Å². The highest BCUT2D eigenvalue weighted by Crippen LogP contribution is 2.35. The molecule has 0 aliphatic carbocycles. The summed E-state index contributed by atoms with van der Waals surface area (Å²) in [7, 11) is 3.97. The first-order chi connectivity index (χ1) is 15.0. The molecule has 3 aromatic rings. The summed E-state index contributed by atoms with van der Waals surface area (Å²) in [6.07, 6.45) is 10.4. The summed E-state index contributed by atoms with van der Waals surface area (Å²) in [4.78, 5) is 26.2. The summed E-state index contributed by atoms with van der Waals surface area (Å²) >= 11 is 0. The molecule has 0 aromatic carbocycles. The van der Waals surface area contributed by atoms with Gasteiger partial charge < -0.3 is 4.57 Å². The molecule has 0 radical (unpaired) electrons. The van der Waals surface area contributed by atoms with Gasteiger partial charge in [0.15, 0.2) is 0 Å². The van der Waals surface area contributed by atoms with Crippen LogP contribution in [0.25, 0.3) is 0 Å². The summed E-state index contributed by atoms with van der Waals surface area (Å²) in [5.41, 5.74) is 4.53. The highest BCUT2D eigenvalue weighted by molar-refractivity contribution is 5.23. The lowest BCUT2D eigenvalue weighted by atomic mass is 9.83. The van der Waals surface area contributed by atoms with E-state index in [4.69, 9.17) is 0 Å². The van der Waals surface area contributed by atoms with Crippen LogP contribution in [0.1, 0.15) is 34.7 Å². The van der Waals surface area contributed by atoms with Crippen molar-refractivity contribution < 1.29 is 0 Å². The summed E-state index contributed by atoms with van der Waals surface area (Å²) in [6.45, 7) is 5.09. The van der Waals surface area contributed by atoms with Crippen LogP contribution in [0.4, 0.5) is 0 Å². The Hall–Kier alpha value is -2.84. The molecule has 2 atom stereocenters. The van der Waals surface area contributed by atoms with E-state index in [-0.39, 0.29) is 5.56 Å². The highest BCUT2D eigenvalue weighted by Gasteiger charge is 2.35. The normalized spacial score (nSPS) is 20.7. The number of fused-ring (bicyclic) bond motifs is 4. The number of piperidine rings is 1. The van der Waals surface area contributed by atoms with Gasteiger partial charge in [-0.25, -0.2) is 9.97 Å². The summed E-state index contributed by atoms with van der Waals surface area (Å²) in [5.74, 6) is 0.920. The molecule has 2 aliphatic heterocycles. The highest BCUT2D eigenvalue weighted by atomic mass is 16.1. The molecule has 8 heteroatoms. The Labute approximate surface area is 182 Å². The number of pyridine rings is 1. The summed E-state index contributed by atoms with van der Waals surface area (Å²) in [5, 5.41) is 4.23. The molecule has 8 nitrogen and oxygen atoms in total. The van der Waals surface area contributed by atoms with Crippen molar-refractivity contribution in [3.63, 3.8) is 0 Å². The largest absolute Gasteiger partial charge is 0.312 e.